The third-order valence-electron chi connectivity index (χ3n) is 6.02. The van der Waals surface area contributed by atoms with Crippen LogP contribution in [0.15, 0.2) is 67.3 Å². The molecule has 3 aromatic rings. The minimum Gasteiger partial charge on any atom is -0.493 e. The van der Waals surface area contributed by atoms with E-state index in [0.717, 1.165) is 27.5 Å². The van der Waals surface area contributed by atoms with Gasteiger partial charge >= 0.3 is 12.2 Å². The quantitative estimate of drug-likeness (QED) is 0.254. The maximum Gasteiger partial charge on any atom is 0.416 e. The van der Waals surface area contributed by atoms with Crippen molar-refractivity contribution in [1.29, 1.82) is 0 Å². The van der Waals surface area contributed by atoms with E-state index in [-0.39, 0.29) is 24.7 Å². The van der Waals surface area contributed by atoms with E-state index >= 15 is 0 Å². The summed E-state index contributed by atoms with van der Waals surface area (Å²) in [6.07, 6.45) is -2.57. The van der Waals surface area contributed by atoms with Crippen LogP contribution in [0.4, 0.5) is 23.7 Å². The molecule has 0 saturated carbocycles. The minimum absolute atomic E-state index is 0.0260. The van der Waals surface area contributed by atoms with Gasteiger partial charge in [-0.1, -0.05) is 18.2 Å². The molecular weight excluding hydrogens is 543 g/mol. The number of aryl methyl sites for hydroxylation is 1. The number of carbonyl (C=O) groups is 2. The highest BCUT2D eigenvalue weighted by Gasteiger charge is 2.30. The monoisotopic (exact) mass is 575 g/mol. The normalized spacial score (nSPS) is 11.1. The van der Waals surface area contributed by atoms with Gasteiger partial charge in [0.15, 0.2) is 11.5 Å². The molecule has 0 atom stereocenters. The van der Waals surface area contributed by atoms with Crippen molar-refractivity contribution in [3.05, 3.63) is 88.1 Å². The standard InChI is InChI=1S/C29H32F3N3O4S/c1-5-14-35(28(37)33-23-8-6-7-22(17-23)29(30,31)32)19-27(36)34(18-24-11-9-20(2)40-24)15-13-21-10-12-25(38-3)26(16-21)39-4/h5-12,16-17H,1,13-15,18-19H2,2-4H3,(H,33,37). The molecule has 11 heteroatoms. The zero-order valence-corrected chi connectivity index (χ0v) is 23.4. The van der Waals surface area contributed by atoms with Gasteiger partial charge in [0, 0.05) is 28.5 Å². The van der Waals surface area contributed by atoms with Crippen molar-refractivity contribution in [3.63, 3.8) is 0 Å². The molecule has 0 unspecified atom stereocenters. The maximum absolute atomic E-state index is 13.5. The summed E-state index contributed by atoms with van der Waals surface area (Å²) in [4.78, 5) is 31.5. The number of amides is 3. The number of thiophene rings is 1. The molecule has 1 heterocycles. The predicted octanol–water partition coefficient (Wildman–Crippen LogP) is 6.38. The fourth-order valence-electron chi connectivity index (χ4n) is 3.96. The molecule has 214 valence electrons. The van der Waals surface area contributed by atoms with Gasteiger partial charge in [0.1, 0.15) is 6.54 Å². The van der Waals surface area contributed by atoms with Crippen molar-refractivity contribution >= 4 is 29.0 Å². The third-order valence-corrected chi connectivity index (χ3v) is 7.00. The van der Waals surface area contributed by atoms with Gasteiger partial charge in [-0.3, -0.25) is 4.79 Å². The van der Waals surface area contributed by atoms with Crippen molar-refractivity contribution in [2.24, 2.45) is 0 Å². The summed E-state index contributed by atoms with van der Waals surface area (Å²) in [5, 5.41) is 2.46. The number of methoxy groups -OCH3 is 2. The fourth-order valence-corrected chi connectivity index (χ4v) is 4.87. The molecule has 0 bridgehead atoms. The molecule has 0 aliphatic carbocycles. The lowest BCUT2D eigenvalue weighted by Gasteiger charge is -2.27. The van der Waals surface area contributed by atoms with Gasteiger partial charge in [-0.25, -0.2) is 4.79 Å². The number of alkyl halides is 3. The SMILES string of the molecule is C=CCN(CC(=O)N(CCc1ccc(OC)c(OC)c1)Cc1ccc(C)s1)C(=O)Nc1cccc(C(F)(F)F)c1. The topological polar surface area (TPSA) is 71.1 Å². The van der Waals surface area contributed by atoms with E-state index in [1.165, 1.54) is 23.1 Å². The minimum atomic E-state index is -4.55. The highest BCUT2D eigenvalue weighted by atomic mass is 32.1. The highest BCUT2D eigenvalue weighted by Crippen LogP contribution is 2.31. The van der Waals surface area contributed by atoms with E-state index in [1.807, 2.05) is 31.2 Å². The number of carbonyl (C=O) groups excluding carboxylic acids is 2. The van der Waals surface area contributed by atoms with Crippen LogP contribution in [0.5, 0.6) is 11.5 Å². The Labute approximate surface area is 235 Å². The highest BCUT2D eigenvalue weighted by molar-refractivity contribution is 7.11. The first kappa shape index (κ1) is 30.6. The molecule has 7 nitrogen and oxygen atoms in total. The van der Waals surface area contributed by atoms with Gasteiger partial charge in [-0.15, -0.1) is 17.9 Å². The van der Waals surface area contributed by atoms with Crippen LogP contribution < -0.4 is 14.8 Å². The van der Waals surface area contributed by atoms with Crippen molar-refractivity contribution in [3.8, 4) is 11.5 Å². The summed E-state index contributed by atoms with van der Waals surface area (Å²) in [7, 11) is 3.11. The van der Waals surface area contributed by atoms with E-state index in [0.29, 0.717) is 31.0 Å². The predicted molar refractivity (Wildman–Crippen MR) is 150 cm³/mol. The molecule has 0 saturated heterocycles. The number of hydrogen-bond donors (Lipinski definition) is 1. The number of hydrogen-bond acceptors (Lipinski definition) is 5. The van der Waals surface area contributed by atoms with Crippen molar-refractivity contribution in [2.75, 3.05) is 39.2 Å². The number of halogens is 3. The van der Waals surface area contributed by atoms with Crippen molar-refractivity contribution < 1.29 is 32.2 Å². The molecule has 0 aliphatic rings. The Balaban J connectivity index is 1.76. The van der Waals surface area contributed by atoms with Crippen LogP contribution in [-0.4, -0.2) is 55.6 Å². The lowest BCUT2D eigenvalue weighted by Crippen LogP contribution is -2.44. The molecule has 2 aromatic carbocycles. The van der Waals surface area contributed by atoms with E-state index in [1.54, 1.807) is 36.5 Å². The molecular formula is C29H32F3N3O4S. The number of nitrogens with one attached hydrogen (secondary N) is 1. The number of ether oxygens (including phenoxy) is 2. The van der Waals surface area contributed by atoms with Gasteiger partial charge in [-0.2, -0.15) is 13.2 Å². The van der Waals surface area contributed by atoms with E-state index in [2.05, 4.69) is 11.9 Å². The summed E-state index contributed by atoms with van der Waals surface area (Å²) in [5.74, 6) is 0.864. The average Bonchev–Trinajstić information content (AvgIpc) is 3.34. The van der Waals surface area contributed by atoms with Gasteiger partial charge < -0.3 is 24.6 Å². The molecule has 0 fully saturated rings. The molecule has 0 aliphatic heterocycles. The second kappa shape index (κ2) is 13.9. The molecule has 1 N–H and O–H groups in total. The van der Waals surface area contributed by atoms with Crippen LogP contribution in [0.25, 0.3) is 0 Å². The zero-order chi connectivity index (χ0) is 29.3. The molecule has 3 amide bonds. The second-order valence-corrected chi connectivity index (χ2v) is 10.3. The number of rotatable bonds is 12. The molecule has 40 heavy (non-hydrogen) atoms. The molecule has 1 aromatic heterocycles. The molecule has 0 spiro atoms. The first-order valence-electron chi connectivity index (χ1n) is 12.4. The van der Waals surface area contributed by atoms with E-state index < -0.39 is 17.8 Å². The first-order chi connectivity index (χ1) is 19.0. The zero-order valence-electron chi connectivity index (χ0n) is 22.6. The lowest BCUT2D eigenvalue weighted by molar-refractivity contribution is -0.137. The summed E-state index contributed by atoms with van der Waals surface area (Å²) >= 11 is 1.58. The van der Waals surface area contributed by atoms with Crippen LogP contribution >= 0.6 is 11.3 Å². The maximum atomic E-state index is 13.5. The summed E-state index contributed by atoms with van der Waals surface area (Å²) in [6.45, 7) is 6.08. The van der Waals surface area contributed by atoms with Gasteiger partial charge in [-0.05, 0) is 61.4 Å². The fraction of sp³-hybridized carbons (Fsp3) is 0.310. The number of benzene rings is 2. The Bertz CT molecular complexity index is 1330. The Morgan fingerprint density at radius 3 is 2.40 bits per heavy atom. The van der Waals surface area contributed by atoms with E-state index in [4.69, 9.17) is 9.47 Å². The van der Waals surface area contributed by atoms with Gasteiger partial charge in [0.2, 0.25) is 5.91 Å². The van der Waals surface area contributed by atoms with Gasteiger partial charge in [0.05, 0.1) is 26.3 Å². The Hall–Kier alpha value is -3.99. The Morgan fingerprint density at radius 2 is 1.77 bits per heavy atom. The Kier molecular flexibility index (Phi) is 10.6. The molecule has 0 radical (unpaired) electrons. The second-order valence-electron chi connectivity index (χ2n) is 8.94. The average molecular weight is 576 g/mol. The van der Waals surface area contributed by atoms with Crippen molar-refractivity contribution in [2.45, 2.75) is 26.1 Å². The third kappa shape index (κ3) is 8.51. The van der Waals surface area contributed by atoms with Crippen LogP contribution in [0, 0.1) is 6.92 Å². The lowest BCUT2D eigenvalue weighted by atomic mass is 10.1. The first-order valence-corrected chi connectivity index (χ1v) is 13.2. The summed E-state index contributed by atoms with van der Waals surface area (Å²) in [6, 6.07) is 13.1. The van der Waals surface area contributed by atoms with Crippen LogP contribution in [0.3, 0.4) is 0 Å². The summed E-state index contributed by atoms with van der Waals surface area (Å²) in [5.41, 5.74) is 0.0213. The summed E-state index contributed by atoms with van der Waals surface area (Å²) < 4.78 is 50.0. The van der Waals surface area contributed by atoms with Crippen LogP contribution in [0.2, 0.25) is 0 Å². The number of nitrogens with zero attached hydrogens (tertiary/aromatic N) is 2. The van der Waals surface area contributed by atoms with Crippen molar-refractivity contribution in [1.82, 2.24) is 9.80 Å². The van der Waals surface area contributed by atoms with Crippen LogP contribution in [0.1, 0.15) is 20.9 Å². The Morgan fingerprint density at radius 1 is 1.02 bits per heavy atom. The largest absolute Gasteiger partial charge is 0.493 e. The van der Waals surface area contributed by atoms with E-state index in [9.17, 15) is 22.8 Å². The van der Waals surface area contributed by atoms with Gasteiger partial charge in [0.25, 0.3) is 0 Å². The number of anilines is 1. The van der Waals surface area contributed by atoms with Crippen LogP contribution in [-0.2, 0) is 23.9 Å². The smallest absolute Gasteiger partial charge is 0.416 e. The molecule has 3 rings (SSSR count). The number of urea groups is 1.